The van der Waals surface area contributed by atoms with Crippen molar-refractivity contribution in [1.29, 1.82) is 0 Å². The van der Waals surface area contributed by atoms with Crippen LogP contribution in [-0.2, 0) is 0 Å². The van der Waals surface area contributed by atoms with Crippen LogP contribution in [0.4, 0.5) is 5.95 Å². The molecule has 0 saturated carbocycles. The Labute approximate surface area is 119 Å². The van der Waals surface area contributed by atoms with Crippen molar-refractivity contribution in [2.24, 2.45) is 0 Å². The Hall–Kier alpha value is -1.14. The van der Waals surface area contributed by atoms with Crippen LogP contribution in [0.15, 0.2) is 38.9 Å². The van der Waals surface area contributed by atoms with Gasteiger partial charge in [-0.05, 0) is 59.7 Å². The molecule has 0 atom stereocenters. The molecule has 0 spiro atoms. The highest BCUT2D eigenvalue weighted by Crippen LogP contribution is 2.30. The van der Waals surface area contributed by atoms with E-state index in [4.69, 9.17) is 0 Å². The third kappa shape index (κ3) is 3.43. The molecular formula is C12H13BrN4S. The largest absolute Gasteiger partial charge is 0.354 e. The van der Waals surface area contributed by atoms with Gasteiger partial charge in [0.05, 0.1) is 4.47 Å². The van der Waals surface area contributed by atoms with Crippen LogP contribution in [0.3, 0.4) is 0 Å². The molecule has 0 aliphatic rings. The molecule has 0 saturated heterocycles. The second-order valence-corrected chi connectivity index (χ2v) is 5.46. The van der Waals surface area contributed by atoms with Crippen molar-refractivity contribution in [2.45, 2.75) is 23.9 Å². The Balaban J connectivity index is 2.26. The van der Waals surface area contributed by atoms with E-state index in [0.717, 1.165) is 26.8 Å². The van der Waals surface area contributed by atoms with Crippen molar-refractivity contribution in [3.05, 3.63) is 34.6 Å². The van der Waals surface area contributed by atoms with E-state index < -0.39 is 0 Å². The van der Waals surface area contributed by atoms with Crippen LogP contribution in [-0.4, -0.2) is 21.5 Å². The summed E-state index contributed by atoms with van der Waals surface area (Å²) >= 11 is 5.00. The molecule has 0 aromatic carbocycles. The fourth-order valence-corrected chi connectivity index (χ4v) is 2.71. The van der Waals surface area contributed by atoms with Gasteiger partial charge in [0.25, 0.3) is 0 Å². The molecule has 94 valence electrons. The van der Waals surface area contributed by atoms with E-state index in [-0.39, 0.29) is 0 Å². The normalized spacial score (nSPS) is 10.4. The molecule has 0 fully saturated rings. The summed E-state index contributed by atoms with van der Waals surface area (Å²) in [5.41, 5.74) is 0.940. The van der Waals surface area contributed by atoms with Crippen LogP contribution in [0.25, 0.3) is 0 Å². The molecule has 18 heavy (non-hydrogen) atoms. The fourth-order valence-electron chi connectivity index (χ4n) is 1.37. The lowest BCUT2D eigenvalue weighted by atomic mass is 10.5. The first kappa shape index (κ1) is 13.3. The Kier molecular flexibility index (Phi) is 4.54. The molecule has 2 heterocycles. The molecular weight excluding hydrogens is 312 g/mol. The van der Waals surface area contributed by atoms with E-state index in [1.165, 1.54) is 11.8 Å². The van der Waals surface area contributed by atoms with E-state index in [9.17, 15) is 0 Å². The first-order chi connectivity index (χ1) is 8.69. The molecule has 2 aromatic heterocycles. The molecule has 0 aliphatic carbocycles. The van der Waals surface area contributed by atoms with Crippen LogP contribution in [0.2, 0.25) is 0 Å². The van der Waals surface area contributed by atoms with E-state index in [0.29, 0.717) is 5.95 Å². The molecule has 2 rings (SSSR count). The topological polar surface area (TPSA) is 50.7 Å². The Morgan fingerprint density at radius 2 is 2.22 bits per heavy atom. The Morgan fingerprint density at radius 3 is 2.94 bits per heavy atom. The average molecular weight is 325 g/mol. The summed E-state index contributed by atoms with van der Waals surface area (Å²) < 4.78 is 0.969. The molecule has 2 aromatic rings. The molecule has 0 radical (unpaired) electrons. The first-order valence-corrected chi connectivity index (χ1v) is 7.18. The highest BCUT2D eigenvalue weighted by Gasteiger charge is 2.07. The van der Waals surface area contributed by atoms with Gasteiger partial charge in [-0.25, -0.2) is 15.0 Å². The minimum Gasteiger partial charge on any atom is -0.354 e. The summed E-state index contributed by atoms with van der Waals surface area (Å²) in [4.78, 5) is 13.1. The number of anilines is 1. The van der Waals surface area contributed by atoms with Gasteiger partial charge in [-0.1, -0.05) is 0 Å². The van der Waals surface area contributed by atoms with E-state index in [2.05, 4.69) is 36.2 Å². The predicted molar refractivity (Wildman–Crippen MR) is 77.0 cm³/mol. The number of nitrogens with zero attached hydrogens (tertiary/aromatic N) is 3. The number of hydrogen-bond acceptors (Lipinski definition) is 5. The Morgan fingerprint density at radius 1 is 1.39 bits per heavy atom. The van der Waals surface area contributed by atoms with E-state index >= 15 is 0 Å². The molecule has 0 aliphatic heterocycles. The molecule has 0 bridgehead atoms. The van der Waals surface area contributed by atoms with E-state index in [1.54, 1.807) is 6.20 Å². The molecule has 0 unspecified atom stereocenters. The quantitative estimate of drug-likeness (QED) is 0.872. The Bertz CT molecular complexity index is 547. The smallest absolute Gasteiger partial charge is 0.223 e. The summed E-state index contributed by atoms with van der Waals surface area (Å²) in [5, 5.41) is 4.91. The van der Waals surface area contributed by atoms with Crippen molar-refractivity contribution in [3.8, 4) is 0 Å². The second-order valence-electron chi connectivity index (χ2n) is 3.59. The molecule has 6 heteroatoms. The van der Waals surface area contributed by atoms with Crippen LogP contribution >= 0.6 is 27.7 Å². The number of rotatable bonds is 4. The first-order valence-electron chi connectivity index (χ1n) is 5.57. The van der Waals surface area contributed by atoms with Gasteiger partial charge < -0.3 is 5.32 Å². The molecule has 0 amide bonds. The zero-order valence-corrected chi connectivity index (χ0v) is 12.5. The minimum atomic E-state index is 0.659. The predicted octanol–water partition coefficient (Wildman–Crippen LogP) is 3.53. The van der Waals surface area contributed by atoms with Crippen molar-refractivity contribution in [2.75, 3.05) is 11.9 Å². The third-order valence-corrected chi connectivity index (χ3v) is 3.93. The maximum absolute atomic E-state index is 4.44. The van der Waals surface area contributed by atoms with Gasteiger partial charge in [-0.2, -0.15) is 0 Å². The zero-order valence-electron chi connectivity index (χ0n) is 10.1. The number of halogens is 1. The highest BCUT2D eigenvalue weighted by atomic mass is 79.9. The maximum atomic E-state index is 4.44. The number of nitrogens with one attached hydrogen (secondary N) is 1. The summed E-state index contributed by atoms with van der Waals surface area (Å²) in [6.45, 7) is 4.79. The van der Waals surface area contributed by atoms with Gasteiger partial charge in [-0.3, -0.25) is 0 Å². The van der Waals surface area contributed by atoms with Gasteiger partial charge in [0.2, 0.25) is 5.95 Å². The summed E-state index contributed by atoms with van der Waals surface area (Å²) in [6, 6.07) is 5.81. The van der Waals surface area contributed by atoms with Crippen LogP contribution in [0.5, 0.6) is 0 Å². The number of aromatic nitrogens is 3. The van der Waals surface area contributed by atoms with Crippen molar-refractivity contribution >= 4 is 33.6 Å². The average Bonchev–Trinajstić information content (AvgIpc) is 2.32. The molecule has 1 N–H and O–H groups in total. The van der Waals surface area contributed by atoms with Gasteiger partial charge in [-0.15, -0.1) is 0 Å². The van der Waals surface area contributed by atoms with Crippen molar-refractivity contribution < 1.29 is 0 Å². The standard InChI is InChI=1S/C12H13BrN4S/c1-3-14-12-16-8(2)7-10(17-12)18-11-9(13)5-4-6-15-11/h4-7H,3H2,1-2H3,(H,14,16,17). The summed E-state index contributed by atoms with van der Waals surface area (Å²) in [5.74, 6) is 0.659. The maximum Gasteiger partial charge on any atom is 0.223 e. The van der Waals surface area contributed by atoms with Crippen molar-refractivity contribution in [1.82, 2.24) is 15.0 Å². The van der Waals surface area contributed by atoms with Crippen LogP contribution < -0.4 is 5.32 Å². The molecule has 4 nitrogen and oxygen atoms in total. The van der Waals surface area contributed by atoms with Gasteiger partial charge >= 0.3 is 0 Å². The van der Waals surface area contributed by atoms with Crippen LogP contribution in [0, 0.1) is 6.92 Å². The SMILES string of the molecule is CCNc1nc(C)cc(Sc2ncccc2Br)n1. The van der Waals surface area contributed by atoms with Crippen molar-refractivity contribution in [3.63, 3.8) is 0 Å². The summed E-state index contributed by atoms with van der Waals surface area (Å²) in [7, 11) is 0. The lowest BCUT2D eigenvalue weighted by molar-refractivity contribution is 0.979. The second kappa shape index (κ2) is 6.15. The third-order valence-electron chi connectivity index (χ3n) is 2.09. The lowest BCUT2D eigenvalue weighted by Gasteiger charge is -2.06. The van der Waals surface area contributed by atoms with Gasteiger partial charge in [0.15, 0.2) is 0 Å². The number of aryl methyl sites for hydroxylation is 1. The number of pyridine rings is 1. The van der Waals surface area contributed by atoms with Gasteiger partial charge in [0.1, 0.15) is 10.1 Å². The summed E-state index contributed by atoms with van der Waals surface area (Å²) in [6.07, 6.45) is 1.77. The highest BCUT2D eigenvalue weighted by molar-refractivity contribution is 9.10. The lowest BCUT2D eigenvalue weighted by Crippen LogP contribution is -2.03. The zero-order chi connectivity index (χ0) is 13.0. The number of hydrogen-bond donors (Lipinski definition) is 1. The van der Waals surface area contributed by atoms with Gasteiger partial charge in [0, 0.05) is 18.4 Å². The monoisotopic (exact) mass is 324 g/mol. The van der Waals surface area contributed by atoms with Crippen LogP contribution in [0.1, 0.15) is 12.6 Å². The fraction of sp³-hybridized carbons (Fsp3) is 0.250. The minimum absolute atomic E-state index is 0.659. The van der Waals surface area contributed by atoms with E-state index in [1.807, 2.05) is 32.0 Å².